The second kappa shape index (κ2) is 4.57. The van der Waals surface area contributed by atoms with Crippen LogP contribution in [0.3, 0.4) is 0 Å². The Bertz CT molecular complexity index is 332. The lowest BCUT2D eigenvalue weighted by atomic mass is 10.6. The minimum absolute atomic E-state index is 0.220. The van der Waals surface area contributed by atoms with E-state index in [0.717, 1.165) is 11.8 Å². The van der Waals surface area contributed by atoms with Crippen LogP contribution in [0.4, 0.5) is 5.13 Å². The van der Waals surface area contributed by atoms with Crippen molar-refractivity contribution in [1.82, 2.24) is 20.0 Å². The average molecular weight is 289 g/mol. The molecule has 0 amide bonds. The minimum atomic E-state index is -1.55. The molecular weight excluding hydrogens is 281 g/mol. The molecular formula is C6H8Cl3N5S. The predicted octanol–water partition coefficient (Wildman–Crippen LogP) is 1.24. The van der Waals surface area contributed by atoms with Gasteiger partial charge in [0.15, 0.2) is 5.82 Å². The highest BCUT2D eigenvalue weighted by Gasteiger charge is 2.29. The number of aromatic nitrogens is 2. The van der Waals surface area contributed by atoms with Gasteiger partial charge in [-0.25, -0.2) is 0 Å². The number of anilines is 1. The Hall–Kier alpha value is 0.150. The fourth-order valence-corrected chi connectivity index (χ4v) is 2.24. The van der Waals surface area contributed by atoms with Crippen molar-refractivity contribution in [3.8, 4) is 0 Å². The van der Waals surface area contributed by atoms with Gasteiger partial charge in [-0.15, -0.1) is 0 Å². The first-order valence-electron chi connectivity index (χ1n) is 4.14. The number of hydrogen-bond acceptors (Lipinski definition) is 6. The smallest absolute Gasteiger partial charge is 0.251 e. The quantitative estimate of drug-likeness (QED) is 0.762. The number of hydrogen-bond donors (Lipinski definition) is 2. The molecule has 0 spiro atoms. The normalized spacial score (nSPS) is 18.2. The summed E-state index contributed by atoms with van der Waals surface area (Å²) in [4.78, 5) is 6.14. The van der Waals surface area contributed by atoms with Crippen LogP contribution in [0.2, 0.25) is 0 Å². The summed E-state index contributed by atoms with van der Waals surface area (Å²) in [6.07, 6.45) is 0. The summed E-state index contributed by atoms with van der Waals surface area (Å²) in [5.74, 6) is 0.220. The van der Waals surface area contributed by atoms with E-state index in [0.29, 0.717) is 13.3 Å². The van der Waals surface area contributed by atoms with Gasteiger partial charge in [0.2, 0.25) is 5.13 Å². The maximum Gasteiger partial charge on any atom is 0.251 e. The zero-order valence-corrected chi connectivity index (χ0v) is 10.6. The topological polar surface area (TPSA) is 53.1 Å². The number of nitrogens with zero attached hydrogens (tertiary/aromatic N) is 3. The van der Waals surface area contributed by atoms with Gasteiger partial charge in [0, 0.05) is 18.2 Å². The fraction of sp³-hybridized carbons (Fsp3) is 0.667. The van der Waals surface area contributed by atoms with Crippen molar-refractivity contribution < 1.29 is 0 Å². The van der Waals surface area contributed by atoms with Crippen molar-refractivity contribution in [2.45, 2.75) is 3.79 Å². The van der Waals surface area contributed by atoms with Gasteiger partial charge >= 0.3 is 0 Å². The Labute approximate surface area is 106 Å². The summed E-state index contributed by atoms with van der Waals surface area (Å²) in [5.41, 5.74) is 0. The molecule has 1 aromatic rings. The molecule has 2 rings (SSSR count). The van der Waals surface area contributed by atoms with Crippen LogP contribution in [-0.4, -0.2) is 29.4 Å². The first-order valence-corrected chi connectivity index (χ1v) is 6.05. The molecule has 15 heavy (non-hydrogen) atoms. The molecule has 84 valence electrons. The monoisotopic (exact) mass is 287 g/mol. The maximum atomic E-state index is 5.67. The molecule has 0 aliphatic carbocycles. The third-order valence-corrected chi connectivity index (χ3v) is 3.08. The van der Waals surface area contributed by atoms with Crippen LogP contribution in [0.5, 0.6) is 0 Å². The van der Waals surface area contributed by atoms with Gasteiger partial charge in [-0.05, 0) is 0 Å². The Morgan fingerprint density at radius 3 is 2.47 bits per heavy atom. The molecule has 0 saturated carbocycles. The van der Waals surface area contributed by atoms with Gasteiger partial charge in [0.1, 0.15) is 0 Å². The van der Waals surface area contributed by atoms with Crippen molar-refractivity contribution >= 4 is 51.5 Å². The lowest BCUT2D eigenvalue weighted by molar-refractivity contribution is 0.494. The van der Waals surface area contributed by atoms with Crippen molar-refractivity contribution in [3.05, 3.63) is 5.82 Å². The van der Waals surface area contributed by atoms with E-state index in [2.05, 4.69) is 20.0 Å². The molecule has 0 bridgehead atoms. The van der Waals surface area contributed by atoms with Crippen molar-refractivity contribution in [3.63, 3.8) is 0 Å². The number of halogens is 3. The Balaban J connectivity index is 2.12. The molecule has 1 aromatic heterocycles. The number of rotatable bonds is 1. The van der Waals surface area contributed by atoms with E-state index < -0.39 is 3.79 Å². The molecule has 1 aliphatic rings. The largest absolute Gasteiger partial charge is 0.321 e. The predicted molar refractivity (Wildman–Crippen MR) is 62.5 cm³/mol. The first kappa shape index (κ1) is 11.6. The molecule has 2 heterocycles. The standard InChI is InChI=1S/C6H8Cl3N5S/c7-6(8,9)4-12-5(15-13-4)14-2-10-1-11-3-14/h10-11H,1-3H2. The van der Waals surface area contributed by atoms with Gasteiger partial charge in [-0.2, -0.15) is 9.36 Å². The molecule has 0 radical (unpaired) electrons. The Morgan fingerprint density at radius 1 is 1.27 bits per heavy atom. The van der Waals surface area contributed by atoms with E-state index >= 15 is 0 Å². The van der Waals surface area contributed by atoms with Gasteiger partial charge < -0.3 is 4.90 Å². The second-order valence-corrected chi connectivity index (χ2v) is 5.94. The van der Waals surface area contributed by atoms with Crippen LogP contribution in [-0.2, 0) is 3.79 Å². The van der Waals surface area contributed by atoms with Crippen LogP contribution in [0, 0.1) is 0 Å². The van der Waals surface area contributed by atoms with E-state index in [9.17, 15) is 0 Å². The lowest BCUT2D eigenvalue weighted by Crippen LogP contribution is -2.50. The molecule has 1 fully saturated rings. The van der Waals surface area contributed by atoms with Gasteiger partial charge in [-0.1, -0.05) is 34.8 Å². The molecule has 9 heteroatoms. The van der Waals surface area contributed by atoms with E-state index in [1.54, 1.807) is 0 Å². The molecule has 0 atom stereocenters. The molecule has 1 aliphatic heterocycles. The zero-order valence-electron chi connectivity index (χ0n) is 7.51. The van der Waals surface area contributed by atoms with E-state index in [1.807, 2.05) is 4.90 Å². The fourth-order valence-electron chi connectivity index (χ4n) is 1.12. The van der Waals surface area contributed by atoms with Crippen LogP contribution < -0.4 is 15.5 Å². The van der Waals surface area contributed by atoms with Gasteiger partial charge in [0.25, 0.3) is 3.79 Å². The van der Waals surface area contributed by atoms with Crippen LogP contribution in [0.15, 0.2) is 0 Å². The second-order valence-electron chi connectivity index (χ2n) is 2.93. The maximum absolute atomic E-state index is 5.67. The number of alkyl halides is 3. The SMILES string of the molecule is ClC(Cl)(Cl)c1nsc(N2CNCNC2)n1. The molecule has 0 aromatic carbocycles. The van der Waals surface area contributed by atoms with Crippen molar-refractivity contribution in [1.29, 1.82) is 0 Å². The zero-order chi connectivity index (χ0) is 10.9. The highest BCUT2D eigenvalue weighted by molar-refractivity contribution is 7.09. The minimum Gasteiger partial charge on any atom is -0.321 e. The lowest BCUT2D eigenvalue weighted by Gasteiger charge is -2.27. The molecule has 2 N–H and O–H groups in total. The van der Waals surface area contributed by atoms with Crippen LogP contribution in [0.25, 0.3) is 0 Å². The molecule has 5 nitrogen and oxygen atoms in total. The summed E-state index contributed by atoms with van der Waals surface area (Å²) >= 11 is 18.2. The van der Waals surface area contributed by atoms with E-state index in [4.69, 9.17) is 34.8 Å². The third-order valence-electron chi connectivity index (χ3n) is 1.79. The summed E-state index contributed by atoms with van der Waals surface area (Å²) in [7, 11) is 0. The highest BCUT2D eigenvalue weighted by Crippen LogP contribution is 2.37. The third kappa shape index (κ3) is 2.83. The Kier molecular flexibility index (Phi) is 3.54. The summed E-state index contributed by atoms with van der Waals surface area (Å²) in [5, 5.41) is 7.00. The van der Waals surface area contributed by atoms with Crippen LogP contribution >= 0.6 is 46.3 Å². The molecule has 1 saturated heterocycles. The van der Waals surface area contributed by atoms with E-state index in [1.165, 1.54) is 11.5 Å². The van der Waals surface area contributed by atoms with Crippen molar-refractivity contribution in [2.75, 3.05) is 24.9 Å². The summed E-state index contributed by atoms with van der Waals surface area (Å²) in [6.45, 7) is 2.20. The first-order chi connectivity index (χ1) is 7.07. The number of nitrogens with one attached hydrogen (secondary N) is 2. The molecule has 0 unspecified atom stereocenters. The average Bonchev–Trinajstić information content (AvgIpc) is 2.67. The Morgan fingerprint density at radius 2 is 1.93 bits per heavy atom. The van der Waals surface area contributed by atoms with Crippen molar-refractivity contribution in [2.24, 2.45) is 0 Å². The van der Waals surface area contributed by atoms with Gasteiger partial charge in [0.05, 0.1) is 13.3 Å². The van der Waals surface area contributed by atoms with E-state index in [-0.39, 0.29) is 5.82 Å². The van der Waals surface area contributed by atoms with Crippen LogP contribution in [0.1, 0.15) is 5.82 Å². The summed E-state index contributed by atoms with van der Waals surface area (Å²) < 4.78 is 2.45. The summed E-state index contributed by atoms with van der Waals surface area (Å²) in [6, 6.07) is 0. The highest BCUT2D eigenvalue weighted by atomic mass is 35.6. The van der Waals surface area contributed by atoms with Gasteiger partial charge in [-0.3, -0.25) is 10.6 Å².